The van der Waals surface area contributed by atoms with Gasteiger partial charge in [-0.3, -0.25) is 14.9 Å². The molecule has 0 bridgehead atoms. The van der Waals surface area contributed by atoms with Crippen LogP contribution >= 0.6 is 11.3 Å². The minimum absolute atomic E-state index is 0.00630. The van der Waals surface area contributed by atoms with Gasteiger partial charge in [0.2, 0.25) is 10.0 Å². The van der Waals surface area contributed by atoms with E-state index in [4.69, 9.17) is 10.5 Å². The van der Waals surface area contributed by atoms with Crippen molar-refractivity contribution < 1.29 is 32.3 Å². The topological polar surface area (TPSA) is 180 Å². The van der Waals surface area contributed by atoms with Crippen molar-refractivity contribution >= 4 is 50.3 Å². The van der Waals surface area contributed by atoms with Crippen LogP contribution in [0.3, 0.4) is 0 Å². The van der Waals surface area contributed by atoms with Crippen LogP contribution in [0.2, 0.25) is 0 Å². The number of rotatable bonds is 6. The van der Waals surface area contributed by atoms with Gasteiger partial charge in [0.25, 0.3) is 11.8 Å². The number of nitrogens with one attached hydrogen (secondary N) is 3. The molecule has 42 heavy (non-hydrogen) atoms. The van der Waals surface area contributed by atoms with Crippen LogP contribution in [0.1, 0.15) is 65.8 Å². The van der Waals surface area contributed by atoms with Crippen LogP contribution in [0.15, 0.2) is 29.2 Å². The third-order valence-electron chi connectivity index (χ3n) is 7.05. The lowest BCUT2D eigenvalue weighted by Gasteiger charge is -2.42. The van der Waals surface area contributed by atoms with Crippen molar-refractivity contribution in [3.05, 3.63) is 45.8 Å². The second-order valence-electron chi connectivity index (χ2n) is 11.3. The number of carbonyl (C=O) groups is 4. The Morgan fingerprint density at radius 2 is 1.64 bits per heavy atom. The van der Waals surface area contributed by atoms with E-state index in [-0.39, 0.29) is 59.3 Å². The smallest absolute Gasteiger partial charge is 0.409 e. The van der Waals surface area contributed by atoms with Crippen LogP contribution in [-0.4, -0.2) is 79.9 Å². The molecule has 0 unspecified atom stereocenters. The molecule has 0 aliphatic carbocycles. The number of benzene rings is 1. The van der Waals surface area contributed by atoms with Crippen LogP contribution in [-0.2, 0) is 26.7 Å². The van der Waals surface area contributed by atoms with Crippen molar-refractivity contribution in [2.24, 2.45) is 5.73 Å². The molecule has 0 spiro atoms. The van der Waals surface area contributed by atoms with Crippen LogP contribution in [0, 0.1) is 0 Å². The summed E-state index contributed by atoms with van der Waals surface area (Å²) in [6, 6.07) is 4.46. The van der Waals surface area contributed by atoms with E-state index in [1.54, 1.807) is 6.92 Å². The molecule has 1 fully saturated rings. The van der Waals surface area contributed by atoms with E-state index in [2.05, 4.69) is 16.0 Å². The van der Waals surface area contributed by atoms with Gasteiger partial charge < -0.3 is 26.0 Å². The fourth-order valence-electron chi connectivity index (χ4n) is 5.46. The van der Waals surface area contributed by atoms with Gasteiger partial charge in [0, 0.05) is 47.7 Å². The molecule has 5 N–H and O–H groups in total. The van der Waals surface area contributed by atoms with E-state index in [0.717, 1.165) is 4.88 Å². The number of anilines is 1. The second kappa shape index (κ2) is 11.6. The number of nitrogens with two attached hydrogens (primary N) is 1. The van der Waals surface area contributed by atoms with Crippen molar-refractivity contribution in [2.45, 2.75) is 57.0 Å². The molecule has 228 valence electrons. The summed E-state index contributed by atoms with van der Waals surface area (Å²) in [5, 5.41) is 8.69. The first kappa shape index (κ1) is 31.4. The number of fused-ring (bicyclic) bond motifs is 1. The monoisotopic (exact) mass is 620 g/mol. The molecule has 4 rings (SSSR count). The maximum atomic E-state index is 13.3. The van der Waals surface area contributed by atoms with E-state index in [9.17, 15) is 27.6 Å². The van der Waals surface area contributed by atoms with E-state index in [1.165, 1.54) is 44.8 Å². The summed E-state index contributed by atoms with van der Waals surface area (Å²) in [6.45, 7) is 10.5. The Kier molecular flexibility index (Phi) is 8.69. The van der Waals surface area contributed by atoms with E-state index >= 15 is 0 Å². The zero-order chi connectivity index (χ0) is 31.0. The van der Waals surface area contributed by atoms with Crippen molar-refractivity contribution in [1.82, 2.24) is 19.8 Å². The highest BCUT2D eigenvalue weighted by Gasteiger charge is 2.42. The molecule has 2 aliphatic heterocycles. The number of piperazine rings is 1. The Morgan fingerprint density at radius 3 is 2.21 bits per heavy atom. The predicted molar refractivity (Wildman–Crippen MR) is 157 cm³/mol. The molecule has 1 aromatic heterocycles. The largest absolute Gasteiger partial charge is 0.450 e. The van der Waals surface area contributed by atoms with Gasteiger partial charge in [-0.15, -0.1) is 11.3 Å². The highest BCUT2D eigenvalue weighted by atomic mass is 32.2. The summed E-state index contributed by atoms with van der Waals surface area (Å²) in [6.07, 6.45) is -0.00409. The SMILES string of the molecule is CCOC(=O)N1CCN(S(=O)(=O)c2ccc(C(=O)Nc3sc4c(c3C(=O)NC(N)=O)CC(C)(C)NC4(C)C)cc2)CC1. The number of urea groups is 1. The molecule has 0 saturated carbocycles. The van der Waals surface area contributed by atoms with Gasteiger partial charge in [-0.25, -0.2) is 18.0 Å². The number of hydrogen-bond donors (Lipinski definition) is 4. The highest BCUT2D eigenvalue weighted by molar-refractivity contribution is 7.89. The van der Waals surface area contributed by atoms with Crippen molar-refractivity contribution in [3.8, 4) is 0 Å². The number of carbonyl (C=O) groups excluding carboxylic acids is 4. The second-order valence-corrected chi connectivity index (χ2v) is 14.3. The Hall–Kier alpha value is -3.53. The van der Waals surface area contributed by atoms with Gasteiger partial charge in [0.05, 0.1) is 17.1 Å². The van der Waals surface area contributed by atoms with Gasteiger partial charge in [-0.05, 0) is 70.9 Å². The average Bonchev–Trinajstić information content (AvgIpc) is 3.25. The minimum Gasteiger partial charge on any atom is -0.450 e. The number of ether oxygens (including phenoxy) is 1. The predicted octanol–water partition coefficient (Wildman–Crippen LogP) is 2.43. The Morgan fingerprint density at radius 1 is 1.02 bits per heavy atom. The molecule has 0 atom stereocenters. The Bertz CT molecular complexity index is 1510. The summed E-state index contributed by atoms with van der Waals surface area (Å²) in [5.41, 5.74) is 5.39. The van der Waals surface area contributed by atoms with Crippen molar-refractivity contribution in [2.75, 3.05) is 38.1 Å². The fraction of sp³-hybridized carbons (Fsp3) is 0.481. The van der Waals surface area contributed by atoms with Crippen LogP contribution in [0.25, 0.3) is 0 Å². The first-order valence-corrected chi connectivity index (χ1v) is 15.7. The number of amides is 5. The number of thiophene rings is 1. The van der Waals surface area contributed by atoms with Crippen molar-refractivity contribution in [1.29, 1.82) is 0 Å². The molecule has 2 aliphatic rings. The summed E-state index contributed by atoms with van der Waals surface area (Å²) in [7, 11) is -3.86. The van der Waals surface area contributed by atoms with Gasteiger partial charge in [0.1, 0.15) is 5.00 Å². The zero-order valence-corrected chi connectivity index (χ0v) is 25.8. The van der Waals surface area contributed by atoms with Crippen LogP contribution in [0.5, 0.6) is 0 Å². The molecule has 1 aromatic carbocycles. The number of imide groups is 1. The van der Waals surface area contributed by atoms with Gasteiger partial charge in [0.15, 0.2) is 0 Å². The summed E-state index contributed by atoms with van der Waals surface area (Å²) in [5.74, 6) is -1.27. The molecular weight excluding hydrogens is 584 g/mol. The quantitative estimate of drug-likeness (QED) is 0.380. The maximum Gasteiger partial charge on any atom is 0.409 e. The lowest BCUT2D eigenvalue weighted by Crippen LogP contribution is -2.55. The van der Waals surface area contributed by atoms with E-state index < -0.39 is 39.5 Å². The van der Waals surface area contributed by atoms with Crippen LogP contribution in [0.4, 0.5) is 14.6 Å². The lowest BCUT2D eigenvalue weighted by atomic mass is 9.81. The minimum atomic E-state index is -3.86. The number of nitrogens with zero attached hydrogens (tertiary/aromatic N) is 2. The number of sulfonamides is 1. The summed E-state index contributed by atoms with van der Waals surface area (Å²) >= 11 is 1.23. The number of hydrogen-bond acceptors (Lipinski definition) is 9. The highest BCUT2D eigenvalue weighted by Crippen LogP contribution is 2.45. The normalized spacial score (nSPS) is 18.1. The molecule has 0 radical (unpaired) electrons. The molecule has 13 nitrogen and oxygen atoms in total. The molecule has 15 heteroatoms. The molecule has 1 saturated heterocycles. The first-order chi connectivity index (χ1) is 19.6. The zero-order valence-electron chi connectivity index (χ0n) is 24.2. The Labute approximate surface area is 248 Å². The lowest BCUT2D eigenvalue weighted by molar-refractivity contribution is 0.0932. The average molecular weight is 621 g/mol. The number of primary amides is 1. The Balaban J connectivity index is 1.55. The molecule has 3 heterocycles. The molecule has 2 aromatic rings. The van der Waals surface area contributed by atoms with Gasteiger partial charge in [-0.1, -0.05) is 0 Å². The summed E-state index contributed by atoms with van der Waals surface area (Å²) in [4.78, 5) is 52.1. The molecular formula is C27H36N6O7S2. The van der Waals surface area contributed by atoms with Crippen molar-refractivity contribution in [3.63, 3.8) is 0 Å². The standard InChI is InChI=1S/C27H36N6O7S2/c1-6-40-25(37)32-11-13-33(14-12-32)42(38,39)17-9-7-16(8-10-17)21(34)29-23-19(22(35)30-24(28)36)18-15-26(2,3)31-27(4,5)20(18)41-23/h7-10,31H,6,11-15H2,1-5H3,(H,29,34)(H3,28,30,35,36). The third kappa shape index (κ3) is 6.43. The van der Waals surface area contributed by atoms with E-state index in [0.29, 0.717) is 12.0 Å². The maximum absolute atomic E-state index is 13.3. The van der Waals surface area contributed by atoms with E-state index in [1.807, 2.05) is 27.7 Å². The fourth-order valence-corrected chi connectivity index (χ4v) is 8.15. The summed E-state index contributed by atoms with van der Waals surface area (Å²) < 4.78 is 32.7. The van der Waals surface area contributed by atoms with Crippen LogP contribution < -0.4 is 21.7 Å². The first-order valence-electron chi connectivity index (χ1n) is 13.5. The third-order valence-corrected chi connectivity index (χ3v) is 10.4. The van der Waals surface area contributed by atoms with Gasteiger partial charge in [-0.2, -0.15) is 4.31 Å². The van der Waals surface area contributed by atoms with Gasteiger partial charge >= 0.3 is 12.1 Å². The molecule has 5 amide bonds.